The standard InChI is InChI=1S/C12H24N2O2S2/c1-3-7-13-11(15)5-9-17-18-10-6-12(16)14-8-4-2/h3-10H2,1-2H3,(H,13,15)(H,14,16). The fraction of sp³-hybridized carbons (Fsp3) is 0.833. The van der Waals surface area contributed by atoms with E-state index in [1.54, 1.807) is 21.6 Å². The molecule has 0 saturated carbocycles. The number of carbonyl (C=O) groups excluding carboxylic acids is 2. The lowest BCUT2D eigenvalue weighted by atomic mass is 10.4. The van der Waals surface area contributed by atoms with Crippen LogP contribution in [0.1, 0.15) is 39.5 Å². The third-order valence-corrected chi connectivity index (χ3v) is 4.46. The summed E-state index contributed by atoms with van der Waals surface area (Å²) in [7, 11) is 3.31. The van der Waals surface area contributed by atoms with Gasteiger partial charge in [-0.15, -0.1) is 0 Å². The van der Waals surface area contributed by atoms with Crippen molar-refractivity contribution in [3.05, 3.63) is 0 Å². The molecule has 0 saturated heterocycles. The number of rotatable bonds is 11. The Hall–Kier alpha value is -0.360. The fourth-order valence-corrected chi connectivity index (χ4v) is 3.07. The maximum atomic E-state index is 11.3. The van der Waals surface area contributed by atoms with Crippen LogP contribution < -0.4 is 10.6 Å². The average molecular weight is 292 g/mol. The van der Waals surface area contributed by atoms with Gasteiger partial charge in [-0.2, -0.15) is 0 Å². The molecule has 0 aliphatic carbocycles. The van der Waals surface area contributed by atoms with Gasteiger partial charge in [0.05, 0.1) is 0 Å². The van der Waals surface area contributed by atoms with E-state index in [0.29, 0.717) is 12.8 Å². The van der Waals surface area contributed by atoms with Gasteiger partial charge in [-0.05, 0) is 12.8 Å². The van der Waals surface area contributed by atoms with Gasteiger partial charge in [0.15, 0.2) is 0 Å². The number of amides is 2. The number of hydrogen-bond donors (Lipinski definition) is 2. The first kappa shape index (κ1) is 17.6. The first-order valence-corrected chi connectivity index (χ1v) is 8.97. The van der Waals surface area contributed by atoms with Crippen molar-refractivity contribution in [2.24, 2.45) is 0 Å². The zero-order valence-electron chi connectivity index (χ0n) is 11.3. The van der Waals surface area contributed by atoms with Crippen LogP contribution in [0.25, 0.3) is 0 Å². The van der Waals surface area contributed by atoms with E-state index in [-0.39, 0.29) is 11.8 Å². The zero-order valence-corrected chi connectivity index (χ0v) is 12.9. The van der Waals surface area contributed by atoms with Gasteiger partial charge < -0.3 is 10.6 Å². The number of hydrogen-bond acceptors (Lipinski definition) is 4. The summed E-state index contributed by atoms with van der Waals surface area (Å²) in [5, 5.41) is 5.68. The fourth-order valence-electron chi connectivity index (χ4n) is 1.09. The summed E-state index contributed by atoms with van der Waals surface area (Å²) in [6.45, 7) is 5.59. The van der Waals surface area contributed by atoms with Gasteiger partial charge in [-0.25, -0.2) is 0 Å². The average Bonchev–Trinajstić information content (AvgIpc) is 2.37. The molecule has 0 radical (unpaired) electrons. The van der Waals surface area contributed by atoms with Gasteiger partial charge in [-0.3, -0.25) is 9.59 Å². The summed E-state index contributed by atoms with van der Waals surface area (Å²) in [5.74, 6) is 1.84. The van der Waals surface area contributed by atoms with Crippen LogP contribution in [0.2, 0.25) is 0 Å². The van der Waals surface area contributed by atoms with E-state index in [1.165, 1.54) is 0 Å². The molecule has 0 spiro atoms. The molecular weight excluding hydrogens is 268 g/mol. The van der Waals surface area contributed by atoms with Crippen molar-refractivity contribution >= 4 is 33.4 Å². The highest BCUT2D eigenvalue weighted by Crippen LogP contribution is 2.22. The van der Waals surface area contributed by atoms with Gasteiger partial charge >= 0.3 is 0 Å². The lowest BCUT2D eigenvalue weighted by Crippen LogP contribution is -2.24. The van der Waals surface area contributed by atoms with E-state index in [0.717, 1.165) is 37.4 Å². The van der Waals surface area contributed by atoms with Gasteiger partial charge in [0, 0.05) is 37.4 Å². The SMILES string of the molecule is CCCNC(=O)CCSSCCC(=O)NCCC. The molecule has 0 unspecified atom stereocenters. The third-order valence-electron chi connectivity index (χ3n) is 2.05. The second-order valence-corrected chi connectivity index (χ2v) is 6.55. The minimum Gasteiger partial charge on any atom is -0.356 e. The maximum Gasteiger partial charge on any atom is 0.220 e. The largest absolute Gasteiger partial charge is 0.356 e. The minimum absolute atomic E-state index is 0.116. The quantitative estimate of drug-likeness (QED) is 0.453. The molecule has 0 heterocycles. The molecule has 0 atom stereocenters. The van der Waals surface area contributed by atoms with Crippen LogP contribution in [0.15, 0.2) is 0 Å². The summed E-state index contributed by atoms with van der Waals surface area (Å²) < 4.78 is 0. The molecule has 18 heavy (non-hydrogen) atoms. The molecule has 0 aliphatic heterocycles. The van der Waals surface area contributed by atoms with E-state index in [2.05, 4.69) is 10.6 Å². The van der Waals surface area contributed by atoms with Crippen molar-refractivity contribution in [3.63, 3.8) is 0 Å². The van der Waals surface area contributed by atoms with Gasteiger partial charge in [0.1, 0.15) is 0 Å². The van der Waals surface area contributed by atoms with Crippen LogP contribution in [-0.2, 0) is 9.59 Å². The molecular formula is C12H24N2O2S2. The van der Waals surface area contributed by atoms with Crippen LogP contribution in [0.3, 0.4) is 0 Å². The molecule has 6 heteroatoms. The van der Waals surface area contributed by atoms with Crippen molar-refractivity contribution in [2.45, 2.75) is 39.5 Å². The smallest absolute Gasteiger partial charge is 0.220 e. The summed E-state index contributed by atoms with van der Waals surface area (Å²) in [6.07, 6.45) is 3.06. The summed E-state index contributed by atoms with van der Waals surface area (Å²) in [4.78, 5) is 22.5. The van der Waals surface area contributed by atoms with Crippen LogP contribution in [-0.4, -0.2) is 36.4 Å². The Morgan fingerprint density at radius 2 is 1.22 bits per heavy atom. The normalized spacial score (nSPS) is 10.1. The van der Waals surface area contributed by atoms with Gasteiger partial charge in [0.25, 0.3) is 0 Å². The predicted octanol–water partition coefficient (Wildman–Crippen LogP) is 2.20. The van der Waals surface area contributed by atoms with Gasteiger partial charge in [-0.1, -0.05) is 35.4 Å². The molecule has 0 aromatic heterocycles. The van der Waals surface area contributed by atoms with Crippen LogP contribution in [0.5, 0.6) is 0 Å². The van der Waals surface area contributed by atoms with Crippen molar-refractivity contribution in [3.8, 4) is 0 Å². The Kier molecular flexibility index (Phi) is 12.8. The molecule has 0 rings (SSSR count). The van der Waals surface area contributed by atoms with Crippen molar-refractivity contribution < 1.29 is 9.59 Å². The Morgan fingerprint density at radius 3 is 1.56 bits per heavy atom. The Balaban J connectivity index is 3.25. The van der Waals surface area contributed by atoms with Crippen LogP contribution in [0.4, 0.5) is 0 Å². The van der Waals surface area contributed by atoms with E-state index in [4.69, 9.17) is 0 Å². The molecule has 2 N–H and O–H groups in total. The third kappa shape index (κ3) is 12.1. The van der Waals surface area contributed by atoms with E-state index >= 15 is 0 Å². The van der Waals surface area contributed by atoms with Crippen LogP contribution >= 0.6 is 21.6 Å². The molecule has 0 bridgehead atoms. The summed E-state index contributed by atoms with van der Waals surface area (Å²) in [5.41, 5.74) is 0. The second-order valence-electron chi connectivity index (χ2n) is 3.84. The Bertz CT molecular complexity index is 214. The van der Waals surface area contributed by atoms with E-state index in [1.807, 2.05) is 13.8 Å². The molecule has 0 aliphatic rings. The molecule has 2 amide bonds. The highest BCUT2D eigenvalue weighted by Gasteiger charge is 2.02. The first-order valence-electron chi connectivity index (χ1n) is 6.48. The Labute approximate surface area is 118 Å². The molecule has 106 valence electrons. The molecule has 0 aromatic carbocycles. The highest BCUT2D eigenvalue weighted by molar-refractivity contribution is 8.76. The minimum atomic E-state index is 0.116. The zero-order chi connectivity index (χ0) is 13.6. The molecule has 0 fully saturated rings. The number of carbonyl (C=O) groups is 2. The van der Waals surface area contributed by atoms with Crippen molar-refractivity contribution in [2.75, 3.05) is 24.6 Å². The summed E-state index contributed by atoms with van der Waals surface area (Å²) >= 11 is 0. The van der Waals surface area contributed by atoms with Crippen molar-refractivity contribution in [1.82, 2.24) is 10.6 Å². The lowest BCUT2D eigenvalue weighted by molar-refractivity contribution is -0.121. The topological polar surface area (TPSA) is 58.2 Å². The molecule has 0 aromatic rings. The second kappa shape index (κ2) is 13.1. The first-order chi connectivity index (χ1) is 8.70. The lowest BCUT2D eigenvalue weighted by Gasteiger charge is -2.04. The van der Waals surface area contributed by atoms with Crippen LogP contribution in [0, 0.1) is 0 Å². The summed E-state index contributed by atoms with van der Waals surface area (Å²) in [6, 6.07) is 0. The highest BCUT2D eigenvalue weighted by atomic mass is 33.1. The predicted molar refractivity (Wildman–Crippen MR) is 80.8 cm³/mol. The number of nitrogens with one attached hydrogen (secondary N) is 2. The van der Waals surface area contributed by atoms with Crippen molar-refractivity contribution in [1.29, 1.82) is 0 Å². The monoisotopic (exact) mass is 292 g/mol. The Morgan fingerprint density at radius 1 is 0.833 bits per heavy atom. The van der Waals surface area contributed by atoms with E-state index in [9.17, 15) is 9.59 Å². The molecule has 4 nitrogen and oxygen atoms in total. The van der Waals surface area contributed by atoms with Gasteiger partial charge in [0.2, 0.25) is 11.8 Å². The van der Waals surface area contributed by atoms with E-state index < -0.39 is 0 Å². The maximum absolute atomic E-state index is 11.3.